The molecular formula is C34H58N2. The second-order valence-corrected chi connectivity index (χ2v) is 10.7. The SMILES string of the molecule is C/C=C(C)\C(CCC)=N/C(Nc1ccc(CCCCCC(CCC)CCCCCC)cc1)=C(C)CC. The number of hydrogen-bond acceptors (Lipinski definition) is 2. The topological polar surface area (TPSA) is 24.4 Å². The molecule has 0 amide bonds. The van der Waals surface area contributed by atoms with Crippen molar-refractivity contribution >= 4 is 11.4 Å². The predicted octanol–water partition coefficient (Wildman–Crippen LogP) is 11.4. The molecule has 1 N–H and O–H groups in total. The first-order chi connectivity index (χ1) is 17.5. The summed E-state index contributed by atoms with van der Waals surface area (Å²) in [6, 6.07) is 9.04. The van der Waals surface area contributed by atoms with Crippen molar-refractivity contribution in [1.82, 2.24) is 0 Å². The molecule has 0 bridgehead atoms. The lowest BCUT2D eigenvalue weighted by Gasteiger charge is -2.16. The van der Waals surface area contributed by atoms with Crippen LogP contribution in [0.25, 0.3) is 0 Å². The summed E-state index contributed by atoms with van der Waals surface area (Å²) >= 11 is 0. The highest BCUT2D eigenvalue weighted by molar-refractivity contribution is 6.00. The van der Waals surface area contributed by atoms with E-state index in [9.17, 15) is 0 Å². The van der Waals surface area contributed by atoms with Crippen LogP contribution in [-0.2, 0) is 6.42 Å². The van der Waals surface area contributed by atoms with Crippen LogP contribution >= 0.6 is 0 Å². The van der Waals surface area contributed by atoms with Gasteiger partial charge in [-0.05, 0) is 81.2 Å². The van der Waals surface area contributed by atoms with E-state index in [-0.39, 0.29) is 0 Å². The average Bonchev–Trinajstić information content (AvgIpc) is 2.89. The number of allylic oxidation sites excluding steroid dienone is 3. The van der Waals surface area contributed by atoms with E-state index in [0.29, 0.717) is 0 Å². The van der Waals surface area contributed by atoms with E-state index in [0.717, 1.165) is 36.7 Å². The van der Waals surface area contributed by atoms with Crippen LogP contribution in [0.3, 0.4) is 0 Å². The summed E-state index contributed by atoms with van der Waals surface area (Å²) in [5.41, 5.74) is 6.33. The van der Waals surface area contributed by atoms with Gasteiger partial charge in [0.15, 0.2) is 0 Å². The molecule has 0 radical (unpaired) electrons. The van der Waals surface area contributed by atoms with E-state index in [1.807, 2.05) is 0 Å². The summed E-state index contributed by atoms with van der Waals surface area (Å²) in [6.45, 7) is 15.5. The molecule has 0 aliphatic heterocycles. The molecule has 204 valence electrons. The second kappa shape index (κ2) is 20.3. The first-order valence-electron chi connectivity index (χ1n) is 15.2. The van der Waals surface area contributed by atoms with Gasteiger partial charge in [0.05, 0.1) is 0 Å². The van der Waals surface area contributed by atoms with Crippen molar-refractivity contribution < 1.29 is 0 Å². The molecule has 2 heteroatoms. The van der Waals surface area contributed by atoms with E-state index in [1.165, 1.54) is 99.5 Å². The Balaban J connectivity index is 2.59. The minimum absolute atomic E-state index is 0.961. The number of aliphatic imine (C=N–C) groups is 1. The fourth-order valence-electron chi connectivity index (χ4n) is 4.81. The van der Waals surface area contributed by atoms with Crippen LogP contribution in [0.5, 0.6) is 0 Å². The number of hydrogen-bond donors (Lipinski definition) is 1. The molecule has 0 saturated carbocycles. The molecule has 2 nitrogen and oxygen atoms in total. The lowest BCUT2D eigenvalue weighted by molar-refractivity contribution is 0.380. The Bertz CT molecular complexity index is 782. The minimum atomic E-state index is 0.961. The zero-order valence-corrected chi connectivity index (χ0v) is 25.0. The largest absolute Gasteiger partial charge is 0.340 e. The van der Waals surface area contributed by atoms with Crippen molar-refractivity contribution in [1.29, 1.82) is 0 Å². The average molecular weight is 495 g/mol. The van der Waals surface area contributed by atoms with Crippen molar-refractivity contribution in [3.05, 3.63) is 52.9 Å². The molecule has 0 spiro atoms. The van der Waals surface area contributed by atoms with E-state index in [1.54, 1.807) is 0 Å². The van der Waals surface area contributed by atoms with E-state index >= 15 is 0 Å². The van der Waals surface area contributed by atoms with Crippen LogP contribution in [0.15, 0.2) is 52.3 Å². The number of unbranched alkanes of at least 4 members (excludes halogenated alkanes) is 5. The van der Waals surface area contributed by atoms with Gasteiger partial charge in [-0.15, -0.1) is 0 Å². The van der Waals surface area contributed by atoms with Gasteiger partial charge < -0.3 is 5.32 Å². The molecule has 1 aromatic carbocycles. The van der Waals surface area contributed by atoms with Crippen LogP contribution < -0.4 is 5.32 Å². The van der Waals surface area contributed by atoms with Gasteiger partial charge in [0.1, 0.15) is 5.82 Å². The summed E-state index contributed by atoms with van der Waals surface area (Å²) in [6.07, 6.45) is 21.8. The van der Waals surface area contributed by atoms with Gasteiger partial charge in [0.2, 0.25) is 0 Å². The van der Waals surface area contributed by atoms with Gasteiger partial charge in [-0.25, -0.2) is 4.99 Å². The van der Waals surface area contributed by atoms with E-state index in [2.05, 4.69) is 84.1 Å². The van der Waals surface area contributed by atoms with Crippen LogP contribution in [0.2, 0.25) is 0 Å². The Labute approximate surface area is 225 Å². The first kappa shape index (κ1) is 32.2. The summed E-state index contributed by atoms with van der Waals surface area (Å²) in [7, 11) is 0. The van der Waals surface area contributed by atoms with Gasteiger partial charge >= 0.3 is 0 Å². The third-order valence-corrected chi connectivity index (χ3v) is 7.51. The molecule has 0 aromatic heterocycles. The van der Waals surface area contributed by atoms with Crippen LogP contribution in [0.1, 0.15) is 144 Å². The summed E-state index contributed by atoms with van der Waals surface area (Å²) in [5.74, 6) is 1.97. The fourth-order valence-corrected chi connectivity index (χ4v) is 4.81. The Morgan fingerprint density at radius 2 is 1.47 bits per heavy atom. The molecule has 1 unspecified atom stereocenters. The quantitative estimate of drug-likeness (QED) is 0.141. The molecule has 1 rings (SSSR count). The van der Waals surface area contributed by atoms with Crippen molar-refractivity contribution in [2.45, 2.75) is 145 Å². The molecule has 0 aliphatic carbocycles. The Hall–Kier alpha value is -1.83. The van der Waals surface area contributed by atoms with Gasteiger partial charge in [-0.1, -0.05) is 117 Å². The summed E-state index contributed by atoms with van der Waals surface area (Å²) in [5, 5.41) is 3.62. The second-order valence-electron chi connectivity index (χ2n) is 10.7. The number of nitrogens with zero attached hydrogens (tertiary/aromatic N) is 1. The molecule has 0 saturated heterocycles. The lowest BCUT2D eigenvalue weighted by atomic mass is 9.90. The van der Waals surface area contributed by atoms with Crippen molar-refractivity contribution in [2.24, 2.45) is 10.9 Å². The smallest absolute Gasteiger partial charge is 0.129 e. The summed E-state index contributed by atoms with van der Waals surface area (Å²) < 4.78 is 0. The molecule has 0 heterocycles. The van der Waals surface area contributed by atoms with Gasteiger partial charge in [-0.3, -0.25) is 0 Å². The standard InChI is InChI=1S/C34H58N2/c1-8-13-14-16-21-30(19-9-2)22-17-15-18-23-31-24-26-32(27-25-31)35-34(29(7)12-5)36-33(20-10-3)28(6)11-4/h11,24-27,30,35H,8-10,12-23H2,1-7H3/b28-11-,34-29?,36-33-. The monoisotopic (exact) mass is 494 g/mol. The molecule has 1 atom stereocenters. The van der Waals surface area contributed by atoms with E-state index < -0.39 is 0 Å². The molecule has 0 aliphatic rings. The van der Waals surface area contributed by atoms with Gasteiger partial charge in [0.25, 0.3) is 0 Å². The van der Waals surface area contributed by atoms with Crippen LogP contribution in [-0.4, -0.2) is 5.71 Å². The molecule has 1 aromatic rings. The minimum Gasteiger partial charge on any atom is -0.340 e. The number of aryl methyl sites for hydroxylation is 1. The highest BCUT2D eigenvalue weighted by Gasteiger charge is 2.08. The van der Waals surface area contributed by atoms with Crippen LogP contribution in [0.4, 0.5) is 5.69 Å². The maximum atomic E-state index is 5.07. The number of benzene rings is 1. The zero-order chi connectivity index (χ0) is 26.6. The molecular weight excluding hydrogens is 436 g/mol. The van der Waals surface area contributed by atoms with E-state index in [4.69, 9.17) is 4.99 Å². The number of rotatable bonds is 20. The Morgan fingerprint density at radius 1 is 0.806 bits per heavy atom. The maximum Gasteiger partial charge on any atom is 0.129 e. The number of anilines is 1. The fraction of sp³-hybridized carbons (Fsp3) is 0.676. The van der Waals surface area contributed by atoms with Gasteiger partial charge in [-0.2, -0.15) is 0 Å². The Morgan fingerprint density at radius 3 is 2.03 bits per heavy atom. The van der Waals surface area contributed by atoms with Crippen molar-refractivity contribution in [3.63, 3.8) is 0 Å². The maximum absolute atomic E-state index is 5.07. The van der Waals surface area contributed by atoms with Crippen molar-refractivity contribution in [3.8, 4) is 0 Å². The van der Waals surface area contributed by atoms with Crippen molar-refractivity contribution in [2.75, 3.05) is 5.32 Å². The van der Waals surface area contributed by atoms with Gasteiger partial charge in [0, 0.05) is 11.4 Å². The zero-order valence-electron chi connectivity index (χ0n) is 25.0. The first-order valence-corrected chi connectivity index (χ1v) is 15.2. The normalized spacial score (nSPS) is 14.1. The Kier molecular flexibility index (Phi) is 18.1. The van der Waals surface area contributed by atoms with Crippen LogP contribution in [0, 0.1) is 5.92 Å². The third kappa shape index (κ3) is 13.5. The third-order valence-electron chi connectivity index (χ3n) is 7.51. The summed E-state index contributed by atoms with van der Waals surface area (Å²) in [4.78, 5) is 5.07. The molecule has 0 fully saturated rings. The predicted molar refractivity (Wildman–Crippen MR) is 164 cm³/mol. The molecule has 36 heavy (non-hydrogen) atoms. The number of nitrogens with one attached hydrogen (secondary N) is 1. The highest BCUT2D eigenvalue weighted by atomic mass is 15.0. The lowest BCUT2D eigenvalue weighted by Crippen LogP contribution is -2.07. The highest BCUT2D eigenvalue weighted by Crippen LogP contribution is 2.23.